The minimum atomic E-state index is -0.920. The van der Waals surface area contributed by atoms with Gasteiger partial charge in [-0.05, 0) is 30.7 Å². The third-order valence-electron chi connectivity index (χ3n) is 2.73. The van der Waals surface area contributed by atoms with Crippen molar-refractivity contribution in [1.29, 1.82) is 0 Å². The second-order valence-electron chi connectivity index (χ2n) is 4.31. The van der Waals surface area contributed by atoms with Gasteiger partial charge in [-0.25, -0.2) is 4.79 Å². The first kappa shape index (κ1) is 13.1. The smallest absolute Gasteiger partial charge is 0.335 e. The Hall–Kier alpha value is -2.30. The molecule has 2 aromatic rings. The van der Waals surface area contributed by atoms with Gasteiger partial charge >= 0.3 is 5.97 Å². The van der Waals surface area contributed by atoms with Crippen molar-refractivity contribution in [2.75, 3.05) is 5.32 Å². The summed E-state index contributed by atoms with van der Waals surface area (Å²) in [7, 11) is 0. The van der Waals surface area contributed by atoms with Crippen LogP contribution in [0.5, 0.6) is 0 Å². The lowest BCUT2D eigenvalue weighted by Crippen LogP contribution is -2.04. The number of nitrogens with zero attached hydrogens (tertiary/aromatic N) is 2. The summed E-state index contributed by atoms with van der Waals surface area (Å²) in [6.07, 6.45) is 3.00. The molecule has 0 atom stereocenters. The second-order valence-corrected chi connectivity index (χ2v) is 4.31. The first-order valence-electron chi connectivity index (χ1n) is 6.28. The van der Waals surface area contributed by atoms with E-state index < -0.39 is 5.97 Å². The molecule has 0 fully saturated rings. The maximum Gasteiger partial charge on any atom is 0.335 e. The van der Waals surface area contributed by atoms with Crippen molar-refractivity contribution < 1.29 is 9.90 Å². The Morgan fingerprint density at radius 2 is 2.26 bits per heavy atom. The van der Waals surface area contributed by atoms with Gasteiger partial charge in [-0.1, -0.05) is 13.0 Å². The van der Waals surface area contributed by atoms with Gasteiger partial charge in [0, 0.05) is 18.4 Å². The highest BCUT2D eigenvalue weighted by molar-refractivity contribution is 5.88. The lowest BCUT2D eigenvalue weighted by molar-refractivity contribution is 0.0697. The molecule has 19 heavy (non-hydrogen) atoms. The van der Waals surface area contributed by atoms with Crippen molar-refractivity contribution in [3.05, 3.63) is 47.8 Å². The van der Waals surface area contributed by atoms with Gasteiger partial charge in [-0.15, -0.1) is 0 Å². The summed E-state index contributed by atoms with van der Waals surface area (Å²) < 4.78 is 1.91. The molecule has 0 saturated carbocycles. The Morgan fingerprint density at radius 1 is 1.42 bits per heavy atom. The molecule has 0 aliphatic rings. The van der Waals surface area contributed by atoms with Gasteiger partial charge in [-0.2, -0.15) is 5.10 Å². The molecule has 100 valence electrons. The molecule has 0 radical (unpaired) electrons. The summed E-state index contributed by atoms with van der Waals surface area (Å²) in [5.74, 6) is -0.920. The topological polar surface area (TPSA) is 67.2 Å². The average Bonchev–Trinajstić information content (AvgIpc) is 2.85. The number of hydrogen-bond acceptors (Lipinski definition) is 3. The zero-order valence-corrected chi connectivity index (χ0v) is 10.8. The van der Waals surface area contributed by atoms with Crippen LogP contribution in [0.4, 0.5) is 5.69 Å². The summed E-state index contributed by atoms with van der Waals surface area (Å²) in [5.41, 5.74) is 2.00. The van der Waals surface area contributed by atoms with Crippen LogP contribution in [0.2, 0.25) is 0 Å². The average molecular weight is 259 g/mol. The lowest BCUT2D eigenvalue weighted by atomic mass is 10.2. The van der Waals surface area contributed by atoms with Gasteiger partial charge in [0.05, 0.1) is 17.8 Å². The van der Waals surface area contributed by atoms with Gasteiger partial charge in [0.15, 0.2) is 0 Å². The minimum absolute atomic E-state index is 0.279. The van der Waals surface area contributed by atoms with Gasteiger partial charge in [-0.3, -0.25) is 4.68 Å². The van der Waals surface area contributed by atoms with Crippen LogP contribution >= 0.6 is 0 Å². The quantitative estimate of drug-likeness (QED) is 0.836. The number of aryl methyl sites for hydroxylation is 1. The zero-order valence-electron chi connectivity index (χ0n) is 10.8. The van der Waals surface area contributed by atoms with Crippen molar-refractivity contribution in [3.63, 3.8) is 0 Å². The second kappa shape index (κ2) is 6.04. The van der Waals surface area contributed by atoms with E-state index in [1.807, 2.05) is 23.0 Å². The maximum absolute atomic E-state index is 10.9. The van der Waals surface area contributed by atoms with Crippen LogP contribution in [-0.2, 0) is 13.1 Å². The van der Waals surface area contributed by atoms with Crippen LogP contribution in [-0.4, -0.2) is 20.9 Å². The third-order valence-corrected chi connectivity index (χ3v) is 2.73. The number of aromatic carboxylic acids is 1. The Morgan fingerprint density at radius 3 is 3.00 bits per heavy atom. The lowest BCUT2D eigenvalue weighted by Gasteiger charge is -2.05. The van der Waals surface area contributed by atoms with Gasteiger partial charge in [0.1, 0.15) is 0 Å². The van der Waals surface area contributed by atoms with Gasteiger partial charge in [0.25, 0.3) is 0 Å². The van der Waals surface area contributed by atoms with E-state index in [4.69, 9.17) is 5.11 Å². The molecular weight excluding hydrogens is 242 g/mol. The van der Waals surface area contributed by atoms with E-state index in [2.05, 4.69) is 17.3 Å². The highest BCUT2D eigenvalue weighted by atomic mass is 16.4. The van der Waals surface area contributed by atoms with Crippen molar-refractivity contribution >= 4 is 11.7 Å². The van der Waals surface area contributed by atoms with E-state index in [-0.39, 0.29) is 5.56 Å². The third kappa shape index (κ3) is 3.58. The summed E-state index contributed by atoms with van der Waals surface area (Å²) in [6, 6.07) is 8.72. The Bertz CT molecular complexity index is 563. The first-order valence-corrected chi connectivity index (χ1v) is 6.28. The van der Waals surface area contributed by atoms with E-state index in [1.54, 1.807) is 18.2 Å². The highest BCUT2D eigenvalue weighted by Gasteiger charge is 2.03. The molecule has 1 heterocycles. The first-order chi connectivity index (χ1) is 9.19. The molecule has 2 rings (SSSR count). The molecule has 1 aromatic carbocycles. The van der Waals surface area contributed by atoms with Crippen molar-refractivity contribution in [3.8, 4) is 0 Å². The van der Waals surface area contributed by atoms with Crippen LogP contribution in [0.25, 0.3) is 0 Å². The molecule has 1 aromatic heterocycles. The predicted octanol–water partition coefficient (Wildman–Crippen LogP) is 2.60. The number of nitrogens with one attached hydrogen (secondary N) is 1. The van der Waals surface area contributed by atoms with Crippen molar-refractivity contribution in [2.24, 2.45) is 0 Å². The summed E-state index contributed by atoms with van der Waals surface area (Å²) in [6.45, 7) is 3.60. The van der Waals surface area contributed by atoms with Crippen LogP contribution in [0, 0.1) is 0 Å². The standard InChI is InChI=1S/C14H17N3O2/c1-2-7-17-8-6-13(16-17)10-15-12-5-3-4-11(9-12)14(18)19/h3-6,8-9,15H,2,7,10H2,1H3,(H,18,19). The Kier molecular flexibility index (Phi) is 4.18. The summed E-state index contributed by atoms with van der Waals surface area (Å²) in [4.78, 5) is 10.9. The molecule has 0 amide bonds. The molecule has 5 heteroatoms. The fraction of sp³-hybridized carbons (Fsp3) is 0.286. The van der Waals surface area contributed by atoms with Crippen LogP contribution < -0.4 is 5.32 Å². The van der Waals surface area contributed by atoms with Crippen LogP contribution in [0.15, 0.2) is 36.5 Å². The van der Waals surface area contributed by atoms with E-state index in [1.165, 1.54) is 0 Å². The van der Waals surface area contributed by atoms with Crippen LogP contribution in [0.3, 0.4) is 0 Å². The number of carboxylic acid groups (broad SMARTS) is 1. The molecule has 0 aliphatic carbocycles. The van der Waals surface area contributed by atoms with Crippen molar-refractivity contribution in [1.82, 2.24) is 9.78 Å². The highest BCUT2D eigenvalue weighted by Crippen LogP contribution is 2.11. The fourth-order valence-electron chi connectivity index (χ4n) is 1.81. The van der Waals surface area contributed by atoms with Gasteiger partial charge in [0.2, 0.25) is 0 Å². The largest absolute Gasteiger partial charge is 0.478 e. The summed E-state index contributed by atoms with van der Waals surface area (Å²) >= 11 is 0. The van der Waals surface area contributed by atoms with E-state index in [9.17, 15) is 4.79 Å². The van der Waals surface area contributed by atoms with Gasteiger partial charge < -0.3 is 10.4 Å². The number of carbonyl (C=O) groups is 1. The molecule has 0 spiro atoms. The zero-order chi connectivity index (χ0) is 13.7. The number of aromatic nitrogens is 2. The molecule has 2 N–H and O–H groups in total. The minimum Gasteiger partial charge on any atom is -0.478 e. The molecule has 0 bridgehead atoms. The normalized spacial score (nSPS) is 10.4. The van der Waals surface area contributed by atoms with Crippen LogP contribution in [0.1, 0.15) is 29.4 Å². The number of anilines is 1. The Labute approximate surface area is 111 Å². The number of hydrogen-bond donors (Lipinski definition) is 2. The monoisotopic (exact) mass is 259 g/mol. The molecule has 0 aliphatic heterocycles. The molecule has 5 nitrogen and oxygen atoms in total. The SMILES string of the molecule is CCCn1ccc(CNc2cccc(C(=O)O)c2)n1. The molecular formula is C14H17N3O2. The van der Waals surface area contributed by atoms with E-state index >= 15 is 0 Å². The number of rotatable bonds is 6. The molecule has 0 unspecified atom stereocenters. The number of benzene rings is 1. The van der Waals surface area contributed by atoms with Crippen molar-refractivity contribution in [2.45, 2.75) is 26.4 Å². The van der Waals surface area contributed by atoms with E-state index in [0.717, 1.165) is 24.3 Å². The fourth-order valence-corrected chi connectivity index (χ4v) is 1.81. The molecule has 0 saturated heterocycles. The van der Waals surface area contributed by atoms with E-state index in [0.29, 0.717) is 6.54 Å². The summed E-state index contributed by atoms with van der Waals surface area (Å²) in [5, 5.41) is 16.5. The predicted molar refractivity (Wildman–Crippen MR) is 73.2 cm³/mol. The Balaban J connectivity index is 1.97. The number of carboxylic acids is 1. The maximum atomic E-state index is 10.9.